The zero-order valence-electron chi connectivity index (χ0n) is 21.6. The Labute approximate surface area is 228 Å². The van der Waals surface area contributed by atoms with Crippen molar-refractivity contribution in [3.05, 3.63) is 52.8 Å². The molecule has 2 aliphatic heterocycles. The number of halogens is 3. The van der Waals surface area contributed by atoms with Gasteiger partial charge in [-0.2, -0.15) is 18.4 Å². The van der Waals surface area contributed by atoms with Crippen molar-refractivity contribution >= 4 is 40.7 Å². The Balaban J connectivity index is 1.47. The van der Waals surface area contributed by atoms with Crippen LogP contribution in [0.5, 0.6) is 0 Å². The van der Waals surface area contributed by atoms with E-state index in [1.165, 1.54) is 6.07 Å². The Morgan fingerprint density at radius 3 is 2.46 bits per heavy atom. The molecule has 1 aromatic heterocycles. The van der Waals surface area contributed by atoms with Crippen LogP contribution in [0.1, 0.15) is 62.4 Å². The van der Waals surface area contributed by atoms with Gasteiger partial charge in [0.2, 0.25) is 0 Å². The average molecular weight is 558 g/mol. The number of amides is 2. The molecule has 2 amide bonds. The molecule has 1 saturated carbocycles. The molecule has 0 radical (unpaired) electrons. The van der Waals surface area contributed by atoms with Crippen molar-refractivity contribution in [3.8, 4) is 6.07 Å². The van der Waals surface area contributed by atoms with Gasteiger partial charge in [-0.3, -0.25) is 9.69 Å². The lowest BCUT2D eigenvalue weighted by molar-refractivity contribution is -0.138. The number of carbonyl (C=O) groups excluding carboxylic acids is 2. The summed E-state index contributed by atoms with van der Waals surface area (Å²) in [6, 6.07) is 7.84. The molecule has 3 aliphatic rings. The van der Waals surface area contributed by atoms with E-state index in [0.29, 0.717) is 38.0 Å². The predicted molar refractivity (Wildman–Crippen MR) is 140 cm³/mol. The minimum atomic E-state index is -4.82. The van der Waals surface area contributed by atoms with Crippen LogP contribution in [0.4, 0.5) is 29.3 Å². The van der Waals surface area contributed by atoms with Gasteiger partial charge in [-0.05, 0) is 88.0 Å². The first-order valence-electron chi connectivity index (χ1n) is 12.5. The van der Waals surface area contributed by atoms with Crippen molar-refractivity contribution in [1.82, 2.24) is 9.88 Å². The smallest absolute Gasteiger partial charge is 0.419 e. The number of alkyl halides is 3. The van der Waals surface area contributed by atoms with Crippen LogP contribution in [0.25, 0.3) is 0 Å². The quantitative estimate of drug-likeness (QED) is 0.462. The summed E-state index contributed by atoms with van der Waals surface area (Å²) in [6.07, 6.45) is -1.79. The molecule has 1 saturated heterocycles. The number of anilines is 2. The second-order valence-electron chi connectivity index (χ2n) is 10.9. The Bertz CT molecular complexity index is 1430. The maximum atomic E-state index is 13.7. The predicted octanol–water partition coefficient (Wildman–Crippen LogP) is 5.33. The Morgan fingerprint density at radius 2 is 1.87 bits per heavy atom. The zero-order chi connectivity index (χ0) is 28.3. The van der Waals surface area contributed by atoms with Crippen molar-refractivity contribution in [1.29, 1.82) is 5.26 Å². The van der Waals surface area contributed by atoms with Gasteiger partial charge in [-0.1, -0.05) is 6.07 Å². The number of pyridine rings is 1. The molecule has 204 valence electrons. The first-order chi connectivity index (χ1) is 18.2. The zero-order valence-corrected chi connectivity index (χ0v) is 22.4. The Morgan fingerprint density at radius 1 is 1.15 bits per heavy atom. The summed E-state index contributed by atoms with van der Waals surface area (Å²) in [7, 11) is 0. The van der Waals surface area contributed by atoms with E-state index in [9.17, 15) is 22.8 Å². The van der Waals surface area contributed by atoms with E-state index in [1.54, 1.807) is 9.80 Å². The molecule has 2 aromatic rings. The van der Waals surface area contributed by atoms with Crippen molar-refractivity contribution < 1.29 is 27.5 Å². The van der Waals surface area contributed by atoms with Crippen molar-refractivity contribution in [2.45, 2.75) is 70.3 Å². The van der Waals surface area contributed by atoms with Crippen LogP contribution in [0.3, 0.4) is 0 Å². The molecule has 3 heterocycles. The Kier molecular flexibility index (Phi) is 6.33. The highest BCUT2D eigenvalue weighted by Gasteiger charge is 2.60. The first kappa shape index (κ1) is 26.9. The van der Waals surface area contributed by atoms with Crippen molar-refractivity contribution in [2.75, 3.05) is 16.3 Å². The van der Waals surface area contributed by atoms with Gasteiger partial charge >= 0.3 is 12.3 Å². The number of ether oxygens (including phenoxy) is 1. The summed E-state index contributed by atoms with van der Waals surface area (Å²) in [5, 5.41) is 9.16. The summed E-state index contributed by atoms with van der Waals surface area (Å²) in [5.41, 5.74) is -1.11. The molecule has 12 heteroatoms. The third-order valence-electron chi connectivity index (χ3n) is 7.25. The molecule has 0 atom stereocenters. The lowest BCUT2D eigenvalue weighted by Gasteiger charge is -2.43. The van der Waals surface area contributed by atoms with Crippen LogP contribution in [0.2, 0.25) is 0 Å². The standard InChI is InChI=1S/C27H26F3N5O3S/c1-25(2,3)38-24(37)33-10-7-16-11-18(6-5-17(16)15-33)35-23(39)34(22(36)26(35)8-4-9-26)19-12-20(27(28,29)30)21(13-31)32-14-19/h5-6,11-12,14H,4,7-10,15H2,1-3H3. The van der Waals surface area contributed by atoms with E-state index in [2.05, 4.69) is 4.98 Å². The number of rotatable bonds is 2. The largest absolute Gasteiger partial charge is 0.444 e. The molecular formula is C27H26F3N5O3S. The van der Waals surface area contributed by atoms with Crippen LogP contribution in [0.15, 0.2) is 30.5 Å². The minimum absolute atomic E-state index is 0.0606. The number of hydrogen-bond acceptors (Lipinski definition) is 6. The average Bonchev–Trinajstić information content (AvgIpc) is 3.08. The maximum Gasteiger partial charge on any atom is 0.419 e. The van der Waals surface area contributed by atoms with Gasteiger partial charge < -0.3 is 14.5 Å². The second kappa shape index (κ2) is 9.19. The number of benzene rings is 1. The summed E-state index contributed by atoms with van der Waals surface area (Å²) >= 11 is 5.70. The molecule has 39 heavy (non-hydrogen) atoms. The fraction of sp³-hybridized carbons (Fsp3) is 0.444. The van der Waals surface area contributed by atoms with Crippen LogP contribution in [-0.4, -0.2) is 44.7 Å². The topological polar surface area (TPSA) is 89.8 Å². The first-order valence-corrected chi connectivity index (χ1v) is 12.9. The van der Waals surface area contributed by atoms with Crippen LogP contribution in [-0.2, 0) is 28.7 Å². The molecule has 0 N–H and O–H groups in total. The molecule has 1 aromatic carbocycles. The van der Waals surface area contributed by atoms with Gasteiger partial charge in [-0.25, -0.2) is 9.78 Å². The lowest BCUT2D eigenvalue weighted by Crippen LogP contribution is -2.55. The second-order valence-corrected chi connectivity index (χ2v) is 11.3. The number of fused-ring (bicyclic) bond motifs is 1. The summed E-state index contributed by atoms with van der Waals surface area (Å²) in [5.74, 6) is -0.410. The molecule has 1 spiro atoms. The van der Waals surface area contributed by atoms with Crippen LogP contribution < -0.4 is 9.80 Å². The molecule has 1 aliphatic carbocycles. The number of hydrogen-bond donors (Lipinski definition) is 0. The van der Waals surface area contributed by atoms with E-state index in [0.717, 1.165) is 34.7 Å². The van der Waals surface area contributed by atoms with Gasteiger partial charge in [0.05, 0.1) is 17.4 Å². The van der Waals surface area contributed by atoms with E-state index >= 15 is 0 Å². The van der Waals surface area contributed by atoms with Gasteiger partial charge in [0.25, 0.3) is 5.91 Å². The van der Waals surface area contributed by atoms with Gasteiger partial charge in [-0.15, -0.1) is 0 Å². The van der Waals surface area contributed by atoms with Crippen LogP contribution in [0, 0.1) is 11.3 Å². The number of nitriles is 1. The van der Waals surface area contributed by atoms with Gasteiger partial charge in [0, 0.05) is 18.8 Å². The summed E-state index contributed by atoms with van der Waals surface area (Å²) in [4.78, 5) is 34.4. The monoisotopic (exact) mass is 557 g/mol. The third-order valence-corrected chi connectivity index (χ3v) is 7.61. The number of nitrogens with zero attached hydrogens (tertiary/aromatic N) is 5. The van der Waals surface area contributed by atoms with E-state index in [-0.39, 0.29) is 16.9 Å². The normalized spacial score (nSPS) is 18.6. The number of carbonyl (C=O) groups is 2. The third kappa shape index (κ3) is 4.58. The highest BCUT2D eigenvalue weighted by molar-refractivity contribution is 7.81. The molecular weight excluding hydrogens is 531 g/mol. The molecule has 0 unspecified atom stereocenters. The SMILES string of the molecule is CC(C)(C)OC(=O)N1CCc2cc(N3C(=S)N(c4cnc(C#N)c(C(F)(F)F)c4)C(=O)C34CCC4)ccc2C1. The lowest BCUT2D eigenvalue weighted by atomic mass is 9.75. The summed E-state index contributed by atoms with van der Waals surface area (Å²) < 4.78 is 46.3. The van der Waals surface area contributed by atoms with E-state index < -0.39 is 34.5 Å². The van der Waals surface area contributed by atoms with E-state index in [1.807, 2.05) is 39.0 Å². The summed E-state index contributed by atoms with van der Waals surface area (Å²) in [6.45, 7) is 6.28. The van der Waals surface area contributed by atoms with E-state index in [4.69, 9.17) is 22.2 Å². The molecule has 2 fully saturated rings. The minimum Gasteiger partial charge on any atom is -0.444 e. The molecule has 8 nitrogen and oxygen atoms in total. The number of aromatic nitrogens is 1. The van der Waals surface area contributed by atoms with Crippen molar-refractivity contribution in [3.63, 3.8) is 0 Å². The van der Waals surface area contributed by atoms with Gasteiger partial charge in [0.1, 0.15) is 17.2 Å². The number of thiocarbonyl (C=S) groups is 1. The van der Waals surface area contributed by atoms with Gasteiger partial charge in [0.15, 0.2) is 10.8 Å². The molecule has 5 rings (SSSR count). The highest BCUT2D eigenvalue weighted by Crippen LogP contribution is 2.48. The van der Waals surface area contributed by atoms with Crippen molar-refractivity contribution in [2.24, 2.45) is 0 Å². The maximum absolute atomic E-state index is 13.7. The molecule has 0 bridgehead atoms. The van der Waals surface area contributed by atoms with Crippen LogP contribution >= 0.6 is 12.2 Å². The highest BCUT2D eigenvalue weighted by atomic mass is 32.1. The Hall–Kier alpha value is -3.72. The fourth-order valence-electron chi connectivity index (χ4n) is 5.25. The fourth-order valence-corrected chi connectivity index (χ4v) is 5.72.